The van der Waals surface area contributed by atoms with E-state index < -0.39 is 0 Å². The molecule has 0 amide bonds. The van der Waals surface area contributed by atoms with Gasteiger partial charge < -0.3 is 16.5 Å². The maximum Gasteiger partial charge on any atom is 0.0937 e. The first-order valence-corrected chi connectivity index (χ1v) is 3.43. The molecule has 1 rings (SSSR count). The molecule has 1 aromatic rings. The van der Waals surface area contributed by atoms with Gasteiger partial charge in [0.05, 0.1) is 6.17 Å². The van der Waals surface area contributed by atoms with Crippen LogP contribution in [0.1, 0.15) is 24.5 Å². The molecule has 3 nitrogen and oxygen atoms in total. The van der Waals surface area contributed by atoms with Gasteiger partial charge in [-0.25, -0.2) is 0 Å². The van der Waals surface area contributed by atoms with Crippen LogP contribution in [-0.2, 0) is 6.42 Å². The Morgan fingerprint density at radius 2 is 2.20 bits per heavy atom. The number of rotatable bonds is 2. The Hall–Kier alpha value is -0.800. The minimum atomic E-state index is -0.375. The number of nitrogens with two attached hydrogens (primary N) is 2. The molecule has 56 valence electrons. The largest absolute Gasteiger partial charge is 0.360 e. The molecule has 0 saturated heterocycles. The fourth-order valence-corrected chi connectivity index (χ4v) is 0.860. The number of aromatic amines is 1. The molecule has 0 aromatic carbocycles. The van der Waals surface area contributed by atoms with Crippen LogP contribution in [0, 0.1) is 0 Å². The monoisotopic (exact) mass is 139 g/mol. The van der Waals surface area contributed by atoms with Crippen molar-refractivity contribution < 1.29 is 0 Å². The van der Waals surface area contributed by atoms with Crippen molar-refractivity contribution in [2.24, 2.45) is 11.5 Å². The Morgan fingerprint density at radius 3 is 2.50 bits per heavy atom. The fraction of sp³-hybridized carbons (Fsp3) is 0.429. The Kier molecular flexibility index (Phi) is 2.09. The van der Waals surface area contributed by atoms with Crippen molar-refractivity contribution in [3.05, 3.63) is 23.5 Å². The summed E-state index contributed by atoms with van der Waals surface area (Å²) in [6.07, 6.45) is 0.618. The minimum absolute atomic E-state index is 0.375. The van der Waals surface area contributed by atoms with Crippen LogP contribution in [-0.4, -0.2) is 4.98 Å². The summed E-state index contributed by atoms with van der Waals surface area (Å²) in [5.41, 5.74) is 12.9. The molecule has 0 atom stereocenters. The molecule has 0 saturated carbocycles. The molecule has 0 spiro atoms. The summed E-state index contributed by atoms with van der Waals surface area (Å²) in [4.78, 5) is 3.11. The summed E-state index contributed by atoms with van der Waals surface area (Å²) < 4.78 is 0. The molecular weight excluding hydrogens is 126 g/mol. The number of aromatic nitrogens is 1. The first-order valence-electron chi connectivity index (χ1n) is 3.43. The molecule has 1 heterocycles. The van der Waals surface area contributed by atoms with Gasteiger partial charge in [0.15, 0.2) is 0 Å². The maximum absolute atomic E-state index is 5.43. The fourth-order valence-electron chi connectivity index (χ4n) is 0.860. The highest BCUT2D eigenvalue weighted by atomic mass is 14.9. The zero-order valence-electron chi connectivity index (χ0n) is 6.09. The molecule has 5 N–H and O–H groups in total. The SMILES string of the molecule is CCc1ccc(C(N)N)[nH]1. The normalized spacial score (nSPS) is 10.8. The van der Waals surface area contributed by atoms with E-state index in [-0.39, 0.29) is 6.17 Å². The summed E-state index contributed by atoms with van der Waals surface area (Å²) in [5, 5.41) is 0. The van der Waals surface area contributed by atoms with E-state index in [4.69, 9.17) is 11.5 Å². The van der Waals surface area contributed by atoms with Crippen molar-refractivity contribution in [3.63, 3.8) is 0 Å². The molecule has 0 aliphatic rings. The van der Waals surface area contributed by atoms with E-state index in [2.05, 4.69) is 11.9 Å². The summed E-state index contributed by atoms with van der Waals surface area (Å²) >= 11 is 0. The topological polar surface area (TPSA) is 67.8 Å². The second-order valence-corrected chi connectivity index (χ2v) is 2.32. The van der Waals surface area contributed by atoms with Gasteiger partial charge in [-0.05, 0) is 18.6 Å². The summed E-state index contributed by atoms with van der Waals surface area (Å²) in [5.74, 6) is 0. The van der Waals surface area contributed by atoms with Crippen molar-refractivity contribution in [3.8, 4) is 0 Å². The molecule has 0 fully saturated rings. The van der Waals surface area contributed by atoms with E-state index in [1.807, 2.05) is 12.1 Å². The predicted molar refractivity (Wildman–Crippen MR) is 41.3 cm³/mol. The molecule has 0 bridgehead atoms. The summed E-state index contributed by atoms with van der Waals surface area (Å²) in [6, 6.07) is 3.92. The van der Waals surface area contributed by atoms with Crippen molar-refractivity contribution in [2.45, 2.75) is 19.5 Å². The van der Waals surface area contributed by atoms with Crippen LogP contribution in [0.5, 0.6) is 0 Å². The lowest BCUT2D eigenvalue weighted by Crippen LogP contribution is -2.20. The Balaban J connectivity index is 2.78. The molecular formula is C7H13N3. The second kappa shape index (κ2) is 2.86. The lowest BCUT2D eigenvalue weighted by molar-refractivity contribution is 0.743. The van der Waals surface area contributed by atoms with E-state index in [0.29, 0.717) is 0 Å². The lowest BCUT2D eigenvalue weighted by atomic mass is 10.3. The van der Waals surface area contributed by atoms with Gasteiger partial charge in [0.1, 0.15) is 0 Å². The van der Waals surface area contributed by atoms with E-state index in [1.54, 1.807) is 0 Å². The van der Waals surface area contributed by atoms with Crippen molar-refractivity contribution in [1.82, 2.24) is 4.98 Å². The highest BCUT2D eigenvalue weighted by Gasteiger charge is 2.00. The molecule has 10 heavy (non-hydrogen) atoms. The van der Waals surface area contributed by atoms with Gasteiger partial charge in [-0.15, -0.1) is 0 Å². The highest BCUT2D eigenvalue weighted by molar-refractivity contribution is 5.14. The average Bonchev–Trinajstić information content (AvgIpc) is 2.34. The standard InChI is InChI=1S/C7H13N3/c1-2-5-3-4-6(10-5)7(8)9/h3-4,7,10H,2,8-9H2,1H3. The smallest absolute Gasteiger partial charge is 0.0937 e. The van der Waals surface area contributed by atoms with Gasteiger partial charge >= 0.3 is 0 Å². The molecule has 0 aliphatic heterocycles. The minimum Gasteiger partial charge on any atom is -0.360 e. The van der Waals surface area contributed by atoms with Gasteiger partial charge in [-0.1, -0.05) is 6.92 Å². The lowest BCUT2D eigenvalue weighted by Gasteiger charge is -1.99. The third-order valence-electron chi connectivity index (χ3n) is 1.51. The quantitative estimate of drug-likeness (QED) is 0.522. The number of hydrogen-bond acceptors (Lipinski definition) is 2. The second-order valence-electron chi connectivity index (χ2n) is 2.32. The number of aryl methyl sites for hydroxylation is 1. The first-order chi connectivity index (χ1) is 4.74. The van der Waals surface area contributed by atoms with Crippen LogP contribution < -0.4 is 11.5 Å². The van der Waals surface area contributed by atoms with E-state index in [1.165, 1.54) is 5.69 Å². The van der Waals surface area contributed by atoms with Gasteiger partial charge in [0, 0.05) is 11.4 Å². The Morgan fingerprint density at radius 1 is 1.50 bits per heavy atom. The number of H-pyrrole nitrogens is 1. The Labute approximate surface area is 60.4 Å². The summed E-state index contributed by atoms with van der Waals surface area (Å²) in [7, 11) is 0. The van der Waals surface area contributed by atoms with Crippen molar-refractivity contribution >= 4 is 0 Å². The van der Waals surface area contributed by atoms with Crippen LogP contribution in [0.15, 0.2) is 12.1 Å². The molecule has 0 unspecified atom stereocenters. The average molecular weight is 139 g/mol. The van der Waals surface area contributed by atoms with Gasteiger partial charge in [-0.2, -0.15) is 0 Å². The zero-order chi connectivity index (χ0) is 7.56. The Bertz CT molecular complexity index is 202. The van der Waals surface area contributed by atoms with Gasteiger partial charge in [0.25, 0.3) is 0 Å². The molecule has 1 aromatic heterocycles. The van der Waals surface area contributed by atoms with E-state index >= 15 is 0 Å². The van der Waals surface area contributed by atoms with Crippen LogP contribution >= 0.6 is 0 Å². The first kappa shape index (κ1) is 7.31. The van der Waals surface area contributed by atoms with E-state index in [9.17, 15) is 0 Å². The number of hydrogen-bond donors (Lipinski definition) is 3. The molecule has 0 aliphatic carbocycles. The van der Waals surface area contributed by atoms with Crippen LogP contribution in [0.2, 0.25) is 0 Å². The predicted octanol–water partition coefficient (Wildman–Crippen LogP) is 0.493. The molecule has 3 heteroatoms. The molecule has 0 radical (unpaired) electrons. The third-order valence-corrected chi connectivity index (χ3v) is 1.51. The third kappa shape index (κ3) is 1.37. The zero-order valence-corrected chi connectivity index (χ0v) is 6.09. The van der Waals surface area contributed by atoms with Gasteiger partial charge in [-0.3, -0.25) is 0 Å². The van der Waals surface area contributed by atoms with Crippen LogP contribution in [0.3, 0.4) is 0 Å². The number of nitrogens with one attached hydrogen (secondary N) is 1. The van der Waals surface area contributed by atoms with Crippen molar-refractivity contribution in [2.75, 3.05) is 0 Å². The maximum atomic E-state index is 5.43. The van der Waals surface area contributed by atoms with E-state index in [0.717, 1.165) is 12.1 Å². The highest BCUT2D eigenvalue weighted by Crippen LogP contribution is 2.05. The van der Waals surface area contributed by atoms with Crippen molar-refractivity contribution in [1.29, 1.82) is 0 Å². The van der Waals surface area contributed by atoms with Crippen LogP contribution in [0.25, 0.3) is 0 Å². The summed E-state index contributed by atoms with van der Waals surface area (Å²) in [6.45, 7) is 2.08. The van der Waals surface area contributed by atoms with Gasteiger partial charge in [0.2, 0.25) is 0 Å². The van der Waals surface area contributed by atoms with Crippen LogP contribution in [0.4, 0.5) is 0 Å².